The number of halogens is 1. The summed E-state index contributed by atoms with van der Waals surface area (Å²) in [5, 5.41) is 8.14. The van der Waals surface area contributed by atoms with E-state index in [-0.39, 0.29) is 47.0 Å². The lowest BCUT2D eigenvalue weighted by molar-refractivity contribution is -0.138. The molecule has 4 aromatic rings. The minimum absolute atomic E-state index is 0.175. The van der Waals surface area contributed by atoms with Crippen molar-refractivity contribution >= 4 is 60.0 Å². The highest BCUT2D eigenvalue weighted by Gasteiger charge is 2.66. The molecule has 1 aromatic carbocycles. The molecule has 14 heteroatoms. The van der Waals surface area contributed by atoms with Gasteiger partial charge in [-0.1, -0.05) is 6.07 Å². The fourth-order valence-electron chi connectivity index (χ4n) is 6.63. The number of ketones is 1. The van der Waals surface area contributed by atoms with E-state index in [0.29, 0.717) is 46.4 Å². The third-order valence-electron chi connectivity index (χ3n) is 9.07. The predicted molar refractivity (Wildman–Crippen MR) is 178 cm³/mol. The Morgan fingerprint density at radius 1 is 1.09 bits per heavy atom. The Balaban J connectivity index is 1.34. The third-order valence-corrected chi connectivity index (χ3v) is 10.5. The molecular weight excluding hydrogens is 672 g/mol. The lowest BCUT2D eigenvalue weighted by Crippen LogP contribution is -2.47. The van der Waals surface area contributed by atoms with Crippen LogP contribution in [0.4, 0.5) is 5.82 Å². The molecule has 240 valence electrons. The lowest BCUT2D eigenvalue weighted by atomic mass is 9.96. The predicted octanol–water partition coefficient (Wildman–Crippen LogP) is 4.84. The number of likely N-dealkylation sites (tertiary alicyclic amines) is 1. The van der Waals surface area contributed by atoms with Gasteiger partial charge in [0.05, 0.1) is 5.52 Å². The van der Waals surface area contributed by atoms with Crippen LogP contribution in [-0.2, 0) is 25.9 Å². The monoisotopic (exact) mass is 706 g/mol. The number of benzene rings is 1. The zero-order valence-corrected chi connectivity index (χ0v) is 28.7. The van der Waals surface area contributed by atoms with Crippen molar-refractivity contribution in [1.82, 2.24) is 29.6 Å². The number of pyridine rings is 1. The normalized spacial score (nSPS) is 21.6. The molecule has 3 aromatic heterocycles. The first-order valence-corrected chi connectivity index (χ1v) is 17.9. The lowest BCUT2D eigenvalue weighted by Gasteiger charge is -2.27. The van der Waals surface area contributed by atoms with Gasteiger partial charge in [-0.15, -0.1) is 0 Å². The molecule has 2 aliphatic rings. The summed E-state index contributed by atoms with van der Waals surface area (Å²) in [5.41, 5.74) is 3.75. The number of anilines is 1. The second kappa shape index (κ2) is 11.6. The van der Waals surface area contributed by atoms with Crippen LogP contribution < -0.4 is 5.32 Å². The van der Waals surface area contributed by atoms with Crippen LogP contribution in [0.15, 0.2) is 41.3 Å². The number of nitrogens with zero attached hydrogens (tertiary/aromatic N) is 6. The average molecular weight is 708 g/mol. The van der Waals surface area contributed by atoms with E-state index in [1.165, 1.54) is 13.2 Å². The van der Waals surface area contributed by atoms with Gasteiger partial charge in [0.15, 0.2) is 5.78 Å². The van der Waals surface area contributed by atoms with Crippen molar-refractivity contribution in [2.75, 3.05) is 17.3 Å². The van der Waals surface area contributed by atoms with Gasteiger partial charge in [-0.05, 0) is 96.3 Å². The number of carbonyl (C=O) groups is 3. The summed E-state index contributed by atoms with van der Waals surface area (Å²) in [6.45, 7) is 6.82. The minimum Gasteiger partial charge on any atom is -0.325 e. The standard InChI is InChI=1S/C32H35BrN8O4S/c1-17-6-7-26(33)37-30(17)38-31(44)24-12-32(8-9-46(5,34)45)13-25(32)41(24)27(43)16-40-29-18(2)10-21(22-14-35-20(4)36-15-22)11-23(29)28(39-40)19(3)42/h6-7,10-11,14-15,24-25,34H,8-9,12-13,16H2,1-5H3,(H,37,38,44)/t24-,25+,32-,46?/m0/s1. The van der Waals surface area contributed by atoms with E-state index in [2.05, 4.69) is 41.3 Å². The highest BCUT2D eigenvalue weighted by atomic mass is 79.9. The minimum atomic E-state index is -2.74. The number of aromatic nitrogens is 5. The molecule has 0 spiro atoms. The summed E-state index contributed by atoms with van der Waals surface area (Å²) in [4.78, 5) is 55.4. The number of Topliss-reactive ketones (excluding diaryl/α,β-unsaturated/α-hetero) is 1. The first-order chi connectivity index (χ1) is 21.7. The number of piperidine rings is 1. The second-order valence-electron chi connectivity index (χ2n) is 12.6. The smallest absolute Gasteiger partial charge is 0.248 e. The van der Waals surface area contributed by atoms with Gasteiger partial charge in [0.2, 0.25) is 11.8 Å². The number of amides is 2. The average Bonchev–Trinajstić information content (AvgIpc) is 3.39. The van der Waals surface area contributed by atoms with Crippen LogP contribution in [0.25, 0.3) is 22.0 Å². The maximum Gasteiger partial charge on any atom is 0.248 e. The van der Waals surface area contributed by atoms with E-state index in [1.54, 1.807) is 28.0 Å². The maximum atomic E-state index is 14.2. The highest BCUT2D eigenvalue weighted by molar-refractivity contribution is 9.10. The number of carbonyl (C=O) groups excluding carboxylic acids is 3. The topological polar surface area (TPSA) is 164 Å². The number of hydrogen-bond donors (Lipinski definition) is 2. The number of fused-ring (bicyclic) bond motifs is 2. The number of hydrogen-bond acceptors (Lipinski definition) is 9. The van der Waals surface area contributed by atoms with Crippen LogP contribution in [-0.4, -0.2) is 75.5 Å². The van der Waals surface area contributed by atoms with Crippen molar-refractivity contribution in [3.05, 3.63) is 63.9 Å². The SMILES string of the molecule is CC(=O)c1nn(CC(=O)N2[C@H](C(=O)Nc3nc(Br)ccc3C)C[C@@]3(CCS(C)(=N)=O)C[C@@H]23)c2c(C)cc(-c3cnc(C)nc3)cc12. The molecule has 46 heavy (non-hydrogen) atoms. The Kier molecular flexibility index (Phi) is 8.08. The highest BCUT2D eigenvalue weighted by Crippen LogP contribution is 2.62. The molecule has 4 heterocycles. The van der Waals surface area contributed by atoms with Gasteiger partial charge in [0.1, 0.15) is 34.5 Å². The summed E-state index contributed by atoms with van der Waals surface area (Å²) < 4.78 is 22.3. The zero-order chi connectivity index (χ0) is 33.1. The molecule has 1 aliphatic carbocycles. The van der Waals surface area contributed by atoms with Crippen LogP contribution in [0.1, 0.15) is 53.6 Å². The number of aryl methyl sites for hydroxylation is 3. The first kappa shape index (κ1) is 31.9. The Morgan fingerprint density at radius 3 is 2.48 bits per heavy atom. The number of rotatable bonds is 9. The van der Waals surface area contributed by atoms with Gasteiger partial charge in [-0.25, -0.2) is 15.0 Å². The zero-order valence-electron chi connectivity index (χ0n) is 26.3. The molecule has 1 saturated carbocycles. The summed E-state index contributed by atoms with van der Waals surface area (Å²) in [6.07, 6.45) is 6.44. The van der Waals surface area contributed by atoms with Crippen LogP contribution in [0.2, 0.25) is 0 Å². The van der Waals surface area contributed by atoms with Gasteiger partial charge < -0.3 is 10.2 Å². The Labute approximate surface area is 275 Å². The molecule has 4 atom stereocenters. The van der Waals surface area contributed by atoms with Crippen LogP contribution in [0.5, 0.6) is 0 Å². The Morgan fingerprint density at radius 2 is 1.80 bits per heavy atom. The molecule has 12 nitrogen and oxygen atoms in total. The second-order valence-corrected chi connectivity index (χ2v) is 15.9. The van der Waals surface area contributed by atoms with Crippen molar-refractivity contribution in [3.8, 4) is 11.1 Å². The van der Waals surface area contributed by atoms with Gasteiger partial charge in [0, 0.05) is 58.0 Å². The maximum absolute atomic E-state index is 14.2. The fourth-order valence-corrected chi connectivity index (χ4v) is 7.73. The largest absolute Gasteiger partial charge is 0.325 e. The molecule has 2 N–H and O–H groups in total. The van der Waals surface area contributed by atoms with Gasteiger partial charge in [-0.3, -0.25) is 28.1 Å². The number of nitrogens with one attached hydrogen (secondary N) is 2. The quantitative estimate of drug-likeness (QED) is 0.184. The Bertz CT molecular complexity index is 2030. The molecule has 6 rings (SSSR count). The molecule has 2 fully saturated rings. The van der Waals surface area contributed by atoms with Crippen molar-refractivity contribution < 1.29 is 18.6 Å². The van der Waals surface area contributed by atoms with Crippen LogP contribution in [0, 0.1) is 31.0 Å². The molecule has 1 saturated heterocycles. The fraction of sp³-hybridized carbons (Fsp3) is 0.406. The van der Waals surface area contributed by atoms with Crippen LogP contribution in [0.3, 0.4) is 0 Å². The van der Waals surface area contributed by atoms with Gasteiger partial charge in [-0.2, -0.15) is 5.10 Å². The van der Waals surface area contributed by atoms with E-state index < -0.39 is 15.8 Å². The van der Waals surface area contributed by atoms with E-state index in [4.69, 9.17) is 4.78 Å². The molecule has 2 amide bonds. The van der Waals surface area contributed by atoms with Gasteiger partial charge in [0.25, 0.3) is 0 Å². The summed E-state index contributed by atoms with van der Waals surface area (Å²) >= 11 is 3.35. The van der Waals surface area contributed by atoms with Crippen molar-refractivity contribution in [2.24, 2.45) is 5.41 Å². The summed E-state index contributed by atoms with van der Waals surface area (Å²) in [5.74, 6) is 0.360. The van der Waals surface area contributed by atoms with Crippen molar-refractivity contribution in [2.45, 2.75) is 65.6 Å². The van der Waals surface area contributed by atoms with E-state index in [0.717, 1.165) is 22.3 Å². The molecular formula is C32H35BrN8O4S. The molecule has 0 radical (unpaired) electrons. The van der Waals surface area contributed by atoms with E-state index in [1.807, 2.05) is 39.0 Å². The molecule has 1 aliphatic heterocycles. The van der Waals surface area contributed by atoms with Crippen molar-refractivity contribution in [3.63, 3.8) is 0 Å². The summed E-state index contributed by atoms with van der Waals surface area (Å²) in [7, 11) is -2.74. The third kappa shape index (κ3) is 6.07. The van der Waals surface area contributed by atoms with Crippen molar-refractivity contribution in [1.29, 1.82) is 4.78 Å². The first-order valence-electron chi connectivity index (χ1n) is 14.9. The molecule has 1 unspecified atom stereocenters. The van der Waals surface area contributed by atoms with Gasteiger partial charge >= 0.3 is 0 Å². The van der Waals surface area contributed by atoms with E-state index >= 15 is 0 Å². The van der Waals surface area contributed by atoms with Crippen LogP contribution >= 0.6 is 15.9 Å². The Hall–Kier alpha value is -4.04. The molecule has 0 bridgehead atoms. The summed E-state index contributed by atoms with van der Waals surface area (Å²) in [6, 6.07) is 6.44. The van der Waals surface area contributed by atoms with E-state index in [9.17, 15) is 18.6 Å².